The molecule has 33 heavy (non-hydrogen) atoms. The van der Waals surface area contributed by atoms with E-state index < -0.39 is 10.0 Å². The van der Waals surface area contributed by atoms with E-state index in [1.807, 2.05) is 31.4 Å². The van der Waals surface area contributed by atoms with Crippen molar-refractivity contribution in [2.75, 3.05) is 29.5 Å². The van der Waals surface area contributed by atoms with Crippen molar-refractivity contribution < 1.29 is 22.4 Å². The minimum atomic E-state index is -3.33. The number of aromatic nitrogens is 1. The molecule has 1 amide bonds. The minimum absolute atomic E-state index is 0.226. The van der Waals surface area contributed by atoms with Gasteiger partial charge in [-0.1, -0.05) is 12.1 Å². The Morgan fingerprint density at radius 2 is 1.94 bits per heavy atom. The standard InChI is InChI=1S/C23H23N3O5S2/c1-5-30-17-10-11-20-18(12-17)14(2)21(31-20)22(27)25-23-24-19(13-32-23)15-6-8-16(9-7-15)26(3)33(4,28)29/h6-13H,5H2,1-4H3,(H,24,25,27). The van der Waals surface area contributed by atoms with Crippen LogP contribution < -0.4 is 14.4 Å². The van der Waals surface area contributed by atoms with Crippen LogP contribution in [-0.2, 0) is 10.0 Å². The number of sulfonamides is 1. The number of rotatable bonds is 7. The molecule has 1 N–H and O–H groups in total. The lowest BCUT2D eigenvalue weighted by Gasteiger charge is -2.16. The molecule has 0 saturated heterocycles. The first kappa shape index (κ1) is 22.8. The van der Waals surface area contributed by atoms with Gasteiger partial charge in [-0.05, 0) is 44.2 Å². The second-order valence-corrected chi connectivity index (χ2v) is 10.3. The zero-order valence-electron chi connectivity index (χ0n) is 18.6. The fourth-order valence-corrected chi connectivity index (χ4v) is 4.54. The van der Waals surface area contributed by atoms with Crippen LogP contribution in [0.25, 0.3) is 22.2 Å². The first-order valence-electron chi connectivity index (χ1n) is 10.1. The second kappa shape index (κ2) is 8.87. The highest BCUT2D eigenvalue weighted by molar-refractivity contribution is 7.92. The molecule has 4 rings (SSSR count). The summed E-state index contributed by atoms with van der Waals surface area (Å²) in [5.74, 6) is 0.565. The summed E-state index contributed by atoms with van der Waals surface area (Å²) < 4.78 is 35.9. The average molecular weight is 486 g/mol. The molecule has 10 heteroatoms. The van der Waals surface area contributed by atoms with Gasteiger partial charge in [0.1, 0.15) is 11.3 Å². The number of carbonyl (C=O) groups excluding carboxylic acids is 1. The molecule has 2 aromatic heterocycles. The van der Waals surface area contributed by atoms with Crippen LogP contribution in [0.4, 0.5) is 10.8 Å². The van der Waals surface area contributed by atoms with Crippen molar-refractivity contribution >= 4 is 49.1 Å². The third-order valence-corrected chi connectivity index (χ3v) is 7.14. The highest BCUT2D eigenvalue weighted by atomic mass is 32.2. The molecule has 0 aliphatic heterocycles. The van der Waals surface area contributed by atoms with Gasteiger partial charge in [-0.25, -0.2) is 13.4 Å². The van der Waals surface area contributed by atoms with Gasteiger partial charge in [0.25, 0.3) is 5.91 Å². The van der Waals surface area contributed by atoms with Gasteiger partial charge < -0.3 is 9.15 Å². The molecule has 0 atom stereocenters. The first-order chi connectivity index (χ1) is 15.7. The van der Waals surface area contributed by atoms with Gasteiger partial charge in [0.2, 0.25) is 10.0 Å². The van der Waals surface area contributed by atoms with Gasteiger partial charge in [-0.15, -0.1) is 11.3 Å². The number of fused-ring (bicyclic) bond motifs is 1. The molecule has 0 aliphatic carbocycles. The fourth-order valence-electron chi connectivity index (χ4n) is 3.32. The van der Waals surface area contributed by atoms with E-state index in [0.717, 1.165) is 28.5 Å². The molecular formula is C23H23N3O5S2. The zero-order chi connectivity index (χ0) is 23.8. The Morgan fingerprint density at radius 1 is 1.21 bits per heavy atom. The highest BCUT2D eigenvalue weighted by Crippen LogP contribution is 2.31. The Morgan fingerprint density at radius 3 is 2.61 bits per heavy atom. The van der Waals surface area contributed by atoms with Crippen molar-refractivity contribution in [2.45, 2.75) is 13.8 Å². The monoisotopic (exact) mass is 485 g/mol. The molecule has 0 unspecified atom stereocenters. The molecule has 0 bridgehead atoms. The Labute approximate surface area is 195 Å². The maximum atomic E-state index is 12.8. The van der Waals surface area contributed by atoms with Gasteiger partial charge in [0, 0.05) is 28.9 Å². The molecule has 2 aromatic carbocycles. The molecule has 0 radical (unpaired) electrons. The summed E-state index contributed by atoms with van der Waals surface area (Å²) in [5, 5.41) is 5.88. The summed E-state index contributed by atoms with van der Waals surface area (Å²) in [5.41, 5.74) is 3.37. The largest absolute Gasteiger partial charge is 0.494 e. The van der Waals surface area contributed by atoms with Crippen molar-refractivity contribution in [2.24, 2.45) is 0 Å². The van der Waals surface area contributed by atoms with Crippen molar-refractivity contribution in [3.63, 3.8) is 0 Å². The first-order valence-corrected chi connectivity index (χ1v) is 12.9. The number of hydrogen-bond donors (Lipinski definition) is 1. The number of amides is 1. The number of hydrogen-bond acceptors (Lipinski definition) is 7. The summed E-state index contributed by atoms with van der Waals surface area (Å²) >= 11 is 1.29. The van der Waals surface area contributed by atoms with Gasteiger partial charge in [0.15, 0.2) is 10.9 Å². The van der Waals surface area contributed by atoms with Crippen LogP contribution in [0.1, 0.15) is 23.0 Å². The Bertz CT molecular complexity index is 1420. The van der Waals surface area contributed by atoms with Crippen molar-refractivity contribution in [3.05, 3.63) is 59.2 Å². The number of nitrogens with one attached hydrogen (secondary N) is 1. The van der Waals surface area contributed by atoms with Gasteiger partial charge in [-0.3, -0.25) is 14.4 Å². The number of furan rings is 1. The Balaban J connectivity index is 1.52. The van der Waals surface area contributed by atoms with Crippen molar-refractivity contribution in [1.29, 1.82) is 0 Å². The van der Waals surface area contributed by atoms with Gasteiger partial charge >= 0.3 is 0 Å². The molecular weight excluding hydrogens is 462 g/mol. The molecule has 172 valence electrons. The lowest BCUT2D eigenvalue weighted by Crippen LogP contribution is -2.24. The van der Waals surface area contributed by atoms with E-state index in [0.29, 0.717) is 28.7 Å². The van der Waals surface area contributed by atoms with Crippen LogP contribution in [0.2, 0.25) is 0 Å². The number of carbonyl (C=O) groups is 1. The Kier molecular flexibility index (Phi) is 6.13. The van der Waals surface area contributed by atoms with E-state index in [1.165, 1.54) is 22.7 Å². The topological polar surface area (TPSA) is 102 Å². The lowest BCUT2D eigenvalue weighted by atomic mass is 10.1. The number of benzene rings is 2. The van der Waals surface area contributed by atoms with E-state index in [2.05, 4.69) is 10.3 Å². The summed E-state index contributed by atoms with van der Waals surface area (Å²) in [7, 11) is -1.83. The maximum Gasteiger partial charge on any atom is 0.293 e. The highest BCUT2D eigenvalue weighted by Gasteiger charge is 2.20. The van der Waals surface area contributed by atoms with Gasteiger partial charge in [0.05, 0.1) is 24.2 Å². The quantitative estimate of drug-likeness (QED) is 0.399. The number of thiazole rings is 1. The summed E-state index contributed by atoms with van der Waals surface area (Å²) in [6.07, 6.45) is 1.15. The normalized spacial score (nSPS) is 11.5. The van der Waals surface area contributed by atoms with E-state index in [1.54, 1.807) is 30.3 Å². The minimum Gasteiger partial charge on any atom is -0.494 e. The van der Waals surface area contributed by atoms with Crippen molar-refractivity contribution in [1.82, 2.24) is 4.98 Å². The number of nitrogens with zero attached hydrogens (tertiary/aromatic N) is 2. The molecule has 2 heterocycles. The maximum absolute atomic E-state index is 12.8. The van der Waals surface area contributed by atoms with Crippen LogP contribution in [0.5, 0.6) is 5.75 Å². The molecule has 0 saturated carbocycles. The molecule has 4 aromatic rings. The summed E-state index contributed by atoms with van der Waals surface area (Å²) in [4.78, 5) is 17.3. The fraction of sp³-hybridized carbons (Fsp3) is 0.217. The zero-order valence-corrected chi connectivity index (χ0v) is 20.2. The van der Waals surface area contributed by atoms with Crippen LogP contribution in [0, 0.1) is 6.92 Å². The van der Waals surface area contributed by atoms with Crippen LogP contribution in [0.3, 0.4) is 0 Å². The molecule has 8 nitrogen and oxygen atoms in total. The van der Waals surface area contributed by atoms with E-state index in [-0.39, 0.29) is 11.7 Å². The SMILES string of the molecule is CCOc1ccc2oc(C(=O)Nc3nc(-c4ccc(N(C)S(C)(=O)=O)cc4)cs3)c(C)c2c1. The van der Waals surface area contributed by atoms with E-state index in [9.17, 15) is 13.2 Å². The third-order valence-electron chi connectivity index (χ3n) is 5.17. The molecule has 0 spiro atoms. The van der Waals surface area contributed by atoms with Gasteiger partial charge in [-0.2, -0.15) is 0 Å². The second-order valence-electron chi connectivity index (χ2n) is 7.42. The third kappa shape index (κ3) is 4.71. The number of anilines is 2. The van der Waals surface area contributed by atoms with Crippen molar-refractivity contribution in [3.8, 4) is 17.0 Å². The lowest BCUT2D eigenvalue weighted by molar-refractivity contribution is 0.0998. The summed E-state index contributed by atoms with van der Waals surface area (Å²) in [6, 6.07) is 12.5. The number of aryl methyl sites for hydroxylation is 1. The predicted octanol–water partition coefficient (Wildman–Crippen LogP) is 4.91. The van der Waals surface area contributed by atoms with E-state index in [4.69, 9.17) is 9.15 Å². The van der Waals surface area contributed by atoms with Crippen LogP contribution in [-0.4, -0.2) is 39.2 Å². The molecule has 0 aliphatic rings. The predicted molar refractivity (Wildman–Crippen MR) is 131 cm³/mol. The summed E-state index contributed by atoms with van der Waals surface area (Å²) in [6.45, 7) is 4.30. The molecule has 0 fully saturated rings. The smallest absolute Gasteiger partial charge is 0.293 e. The Hall–Kier alpha value is -3.37. The average Bonchev–Trinajstić information content (AvgIpc) is 3.37. The van der Waals surface area contributed by atoms with Crippen LogP contribution >= 0.6 is 11.3 Å². The van der Waals surface area contributed by atoms with E-state index >= 15 is 0 Å². The number of ether oxygens (including phenoxy) is 1. The van der Waals surface area contributed by atoms with Crippen LogP contribution in [0.15, 0.2) is 52.3 Å².